The smallest absolute Gasteiger partial charge is 0.141 e. The number of fused-ring (bicyclic) bond motifs is 2. The average molecular weight is 455 g/mol. The molecule has 0 amide bonds. The fourth-order valence-electron chi connectivity index (χ4n) is 4.98. The van der Waals surface area contributed by atoms with Crippen LogP contribution in [0.2, 0.25) is 0 Å². The lowest BCUT2D eigenvalue weighted by molar-refractivity contribution is 0.117. The van der Waals surface area contributed by atoms with E-state index < -0.39 is 5.60 Å². The topological polar surface area (TPSA) is 20.2 Å². The molecule has 5 rings (SSSR count). The van der Waals surface area contributed by atoms with E-state index in [1.807, 2.05) is 42.5 Å². The summed E-state index contributed by atoms with van der Waals surface area (Å²) in [5, 5.41) is 12.6. The van der Waals surface area contributed by atoms with Crippen molar-refractivity contribution in [3.05, 3.63) is 129 Å². The van der Waals surface area contributed by atoms with E-state index in [0.717, 1.165) is 43.4 Å². The Kier molecular flexibility index (Phi) is 4.46. The van der Waals surface area contributed by atoms with Crippen molar-refractivity contribution in [3.8, 4) is 11.1 Å². The van der Waals surface area contributed by atoms with Gasteiger partial charge in [0, 0.05) is 15.5 Å². The second-order valence-corrected chi connectivity index (χ2v) is 9.31. The van der Waals surface area contributed by atoms with Gasteiger partial charge < -0.3 is 5.11 Å². The molecule has 0 saturated carbocycles. The summed E-state index contributed by atoms with van der Waals surface area (Å²) in [6.45, 7) is 4.48. The Bertz CT molecular complexity index is 1210. The Hall–Kier alpha value is -2.68. The molecule has 2 heteroatoms. The molecule has 1 N–H and O–H groups in total. The molecule has 0 bridgehead atoms. The second kappa shape index (κ2) is 6.94. The number of hydrogen-bond donors (Lipinski definition) is 1. The van der Waals surface area contributed by atoms with Crippen LogP contribution in [0.3, 0.4) is 0 Å². The molecule has 0 atom stereocenters. The van der Waals surface area contributed by atoms with Crippen molar-refractivity contribution < 1.29 is 5.11 Å². The lowest BCUT2D eigenvalue weighted by Gasteiger charge is -2.45. The first-order valence-electron chi connectivity index (χ1n) is 10.2. The summed E-state index contributed by atoms with van der Waals surface area (Å²) in [6, 6.07) is 33.0. The summed E-state index contributed by atoms with van der Waals surface area (Å²) in [5.41, 5.74) is 5.78. The van der Waals surface area contributed by atoms with Gasteiger partial charge in [-0.05, 0) is 39.4 Å². The predicted octanol–water partition coefficient (Wildman–Crippen LogP) is 7.04. The van der Waals surface area contributed by atoms with E-state index in [0.29, 0.717) is 0 Å². The van der Waals surface area contributed by atoms with Crippen molar-refractivity contribution in [1.82, 2.24) is 0 Å². The Labute approximate surface area is 186 Å². The molecule has 0 heterocycles. The molecule has 0 fully saturated rings. The fraction of sp³-hybridized carbons (Fsp3) is 0.143. The third-order valence-electron chi connectivity index (χ3n) is 6.46. The van der Waals surface area contributed by atoms with Crippen LogP contribution in [0, 0.1) is 0 Å². The monoisotopic (exact) mass is 454 g/mol. The molecule has 0 unspecified atom stereocenters. The van der Waals surface area contributed by atoms with Gasteiger partial charge >= 0.3 is 0 Å². The van der Waals surface area contributed by atoms with E-state index in [9.17, 15) is 5.11 Å². The first-order valence-corrected chi connectivity index (χ1v) is 11.0. The lowest BCUT2D eigenvalue weighted by atomic mass is 9.61. The Morgan fingerprint density at radius 2 is 0.933 bits per heavy atom. The highest BCUT2D eigenvalue weighted by Gasteiger charge is 2.47. The van der Waals surface area contributed by atoms with Crippen LogP contribution >= 0.6 is 15.9 Å². The van der Waals surface area contributed by atoms with Crippen LogP contribution in [0.15, 0.2) is 102 Å². The third kappa shape index (κ3) is 2.64. The number of halogens is 1. The van der Waals surface area contributed by atoms with E-state index in [-0.39, 0.29) is 5.41 Å². The minimum Gasteiger partial charge on any atom is -0.376 e. The standard InChI is InChI=1S/C28H23BrO/c1-27(2)22-14-6-8-16-24(22)28(30,25-17-9-7-15-23(25)27)21-13-5-3-11-19(21)20-12-4-10-18-26(20)29/h3-18,30H,1-2H3. The average Bonchev–Trinajstić information content (AvgIpc) is 2.78. The molecule has 4 aromatic rings. The van der Waals surface area contributed by atoms with Crippen molar-refractivity contribution >= 4 is 15.9 Å². The summed E-state index contributed by atoms with van der Waals surface area (Å²) in [7, 11) is 0. The first kappa shape index (κ1) is 19.3. The summed E-state index contributed by atoms with van der Waals surface area (Å²) < 4.78 is 1.01. The maximum Gasteiger partial charge on any atom is 0.141 e. The molecule has 0 saturated heterocycles. The second-order valence-electron chi connectivity index (χ2n) is 8.45. The summed E-state index contributed by atoms with van der Waals surface area (Å²) in [6.07, 6.45) is 0. The maximum absolute atomic E-state index is 12.6. The Morgan fingerprint density at radius 3 is 1.47 bits per heavy atom. The minimum absolute atomic E-state index is 0.193. The van der Waals surface area contributed by atoms with Crippen molar-refractivity contribution in [3.63, 3.8) is 0 Å². The highest BCUT2D eigenvalue weighted by atomic mass is 79.9. The fourth-order valence-corrected chi connectivity index (χ4v) is 5.48. The van der Waals surface area contributed by atoms with Crippen LogP contribution in [-0.2, 0) is 11.0 Å². The van der Waals surface area contributed by atoms with Gasteiger partial charge in [0.2, 0.25) is 0 Å². The van der Waals surface area contributed by atoms with Crippen molar-refractivity contribution in [1.29, 1.82) is 0 Å². The molecule has 4 aromatic carbocycles. The number of benzene rings is 4. The molecule has 0 radical (unpaired) electrons. The van der Waals surface area contributed by atoms with Gasteiger partial charge in [-0.25, -0.2) is 0 Å². The van der Waals surface area contributed by atoms with E-state index >= 15 is 0 Å². The zero-order chi connectivity index (χ0) is 20.9. The van der Waals surface area contributed by atoms with Crippen molar-refractivity contribution in [2.45, 2.75) is 24.9 Å². The van der Waals surface area contributed by atoms with Gasteiger partial charge in [-0.1, -0.05) is 121 Å². The molecule has 0 aliphatic heterocycles. The zero-order valence-corrected chi connectivity index (χ0v) is 18.6. The molecular formula is C28H23BrO. The zero-order valence-electron chi connectivity index (χ0n) is 17.1. The molecule has 148 valence electrons. The van der Waals surface area contributed by atoms with E-state index in [4.69, 9.17) is 0 Å². The van der Waals surface area contributed by atoms with Crippen molar-refractivity contribution in [2.24, 2.45) is 0 Å². The number of aliphatic hydroxyl groups is 1. The number of rotatable bonds is 2. The highest BCUT2D eigenvalue weighted by Crippen LogP contribution is 2.53. The minimum atomic E-state index is -1.24. The SMILES string of the molecule is CC1(C)c2ccccc2C(O)(c2ccccc2-c2ccccc2Br)c2ccccc21. The highest BCUT2D eigenvalue weighted by molar-refractivity contribution is 9.10. The van der Waals surface area contributed by atoms with E-state index in [2.05, 4.69) is 84.4 Å². The molecule has 30 heavy (non-hydrogen) atoms. The maximum atomic E-state index is 12.6. The normalized spacial score (nSPS) is 15.9. The lowest BCUT2D eigenvalue weighted by Crippen LogP contribution is -2.41. The quantitative estimate of drug-likeness (QED) is 0.344. The van der Waals surface area contributed by atoms with Gasteiger partial charge in [0.1, 0.15) is 5.60 Å². The van der Waals surface area contributed by atoms with E-state index in [1.54, 1.807) is 0 Å². The van der Waals surface area contributed by atoms with Crippen LogP contribution in [0.1, 0.15) is 41.7 Å². The van der Waals surface area contributed by atoms with Gasteiger partial charge in [0.25, 0.3) is 0 Å². The van der Waals surface area contributed by atoms with Gasteiger partial charge in [-0.15, -0.1) is 0 Å². The first-order chi connectivity index (χ1) is 14.5. The molecule has 1 aliphatic carbocycles. The van der Waals surface area contributed by atoms with Gasteiger partial charge in [-0.3, -0.25) is 0 Å². The van der Waals surface area contributed by atoms with E-state index in [1.165, 1.54) is 0 Å². The predicted molar refractivity (Wildman–Crippen MR) is 127 cm³/mol. The van der Waals surface area contributed by atoms with Crippen molar-refractivity contribution in [2.75, 3.05) is 0 Å². The summed E-state index contributed by atoms with van der Waals surface area (Å²) in [5.74, 6) is 0. The molecular weight excluding hydrogens is 432 g/mol. The third-order valence-corrected chi connectivity index (χ3v) is 7.15. The van der Waals surface area contributed by atoms with Gasteiger partial charge in [0.15, 0.2) is 0 Å². The summed E-state index contributed by atoms with van der Waals surface area (Å²) in [4.78, 5) is 0. The molecule has 0 aromatic heterocycles. The Morgan fingerprint density at radius 1 is 0.533 bits per heavy atom. The molecule has 1 nitrogen and oxygen atoms in total. The van der Waals surface area contributed by atoms with Crippen LogP contribution in [0.25, 0.3) is 11.1 Å². The van der Waals surface area contributed by atoms with Crippen LogP contribution in [0.5, 0.6) is 0 Å². The van der Waals surface area contributed by atoms with Crippen LogP contribution < -0.4 is 0 Å². The summed E-state index contributed by atoms with van der Waals surface area (Å²) >= 11 is 3.71. The van der Waals surface area contributed by atoms with Gasteiger partial charge in [0.05, 0.1) is 0 Å². The molecule has 0 spiro atoms. The Balaban J connectivity index is 1.89. The number of hydrogen-bond acceptors (Lipinski definition) is 1. The van der Waals surface area contributed by atoms with Gasteiger partial charge in [-0.2, -0.15) is 0 Å². The largest absolute Gasteiger partial charge is 0.376 e. The van der Waals surface area contributed by atoms with Crippen LogP contribution in [-0.4, -0.2) is 5.11 Å². The van der Waals surface area contributed by atoms with Crippen LogP contribution in [0.4, 0.5) is 0 Å². The molecule has 1 aliphatic rings.